The van der Waals surface area contributed by atoms with Crippen molar-refractivity contribution >= 4 is 49.9 Å². The number of hydrogen-bond acceptors (Lipinski definition) is 7. The first-order valence-electron chi connectivity index (χ1n) is 8.77. The number of carbonyl (C=O) groups is 2. The van der Waals surface area contributed by atoms with Crippen molar-refractivity contribution < 1.29 is 28.5 Å². The summed E-state index contributed by atoms with van der Waals surface area (Å²) in [7, 11) is 5.89. The van der Waals surface area contributed by atoms with Crippen LogP contribution in [-0.2, 0) is 4.79 Å². The summed E-state index contributed by atoms with van der Waals surface area (Å²) in [5, 5.41) is 6.42. The first-order chi connectivity index (χ1) is 14.8. The third-order valence-corrected chi connectivity index (χ3v) is 5.02. The Hall–Kier alpha value is -2.79. The Balaban J connectivity index is 2.01. The maximum Gasteiger partial charge on any atom is 0.259 e. The minimum Gasteiger partial charge on any atom is -0.495 e. The number of nitrogens with zero attached hydrogens (tertiary/aromatic N) is 1. The molecule has 11 heteroatoms. The molecule has 0 aromatic heterocycles. The van der Waals surface area contributed by atoms with Crippen molar-refractivity contribution in [2.45, 2.75) is 0 Å². The predicted molar refractivity (Wildman–Crippen MR) is 123 cm³/mol. The molecule has 0 aliphatic rings. The standard InChI is InChI=1S/C20H21Br2N3O6/c1-28-15-6-11(7-16(29-2)19(15)31-4)20(27)23-10-17(26)25-24-9-12-5-13(21)8-14(22)18(12)30-3/h5-9H,10H2,1-4H3,(H,23,27)(H,25,26)/b24-9-. The zero-order valence-corrected chi connectivity index (χ0v) is 20.4. The van der Waals surface area contributed by atoms with Gasteiger partial charge in [-0.1, -0.05) is 15.9 Å². The van der Waals surface area contributed by atoms with Gasteiger partial charge in [0.15, 0.2) is 11.5 Å². The van der Waals surface area contributed by atoms with Crippen LogP contribution < -0.4 is 29.7 Å². The van der Waals surface area contributed by atoms with Gasteiger partial charge in [0.1, 0.15) is 5.75 Å². The normalized spacial score (nSPS) is 10.5. The molecule has 0 aliphatic heterocycles. The van der Waals surface area contributed by atoms with Crippen LogP contribution in [0, 0.1) is 0 Å². The largest absolute Gasteiger partial charge is 0.495 e. The van der Waals surface area contributed by atoms with Gasteiger partial charge in [0, 0.05) is 15.6 Å². The molecule has 2 rings (SSSR count). The molecule has 2 aromatic rings. The monoisotopic (exact) mass is 557 g/mol. The molecular weight excluding hydrogens is 538 g/mol. The number of hydrogen-bond donors (Lipinski definition) is 2. The summed E-state index contributed by atoms with van der Waals surface area (Å²) < 4.78 is 22.5. The van der Waals surface area contributed by atoms with Crippen LogP contribution in [0.3, 0.4) is 0 Å². The SMILES string of the molecule is COc1cc(C(=O)NCC(=O)N/N=C\c2cc(Br)cc(Br)c2OC)cc(OC)c1OC. The van der Waals surface area contributed by atoms with Gasteiger partial charge in [0.25, 0.3) is 11.8 Å². The molecule has 31 heavy (non-hydrogen) atoms. The van der Waals surface area contributed by atoms with Crippen molar-refractivity contribution in [2.75, 3.05) is 35.0 Å². The van der Waals surface area contributed by atoms with Crippen LogP contribution in [0.1, 0.15) is 15.9 Å². The Morgan fingerprint density at radius 1 is 0.935 bits per heavy atom. The number of rotatable bonds is 9. The second-order valence-electron chi connectivity index (χ2n) is 5.90. The minimum atomic E-state index is -0.509. The average Bonchev–Trinajstić information content (AvgIpc) is 2.76. The molecule has 0 spiro atoms. The highest BCUT2D eigenvalue weighted by molar-refractivity contribution is 9.11. The summed E-state index contributed by atoms with van der Waals surface area (Å²) in [4.78, 5) is 24.5. The van der Waals surface area contributed by atoms with E-state index in [1.165, 1.54) is 46.8 Å². The first kappa shape index (κ1) is 24.5. The lowest BCUT2D eigenvalue weighted by atomic mass is 10.1. The maximum atomic E-state index is 12.4. The fourth-order valence-electron chi connectivity index (χ4n) is 2.58. The molecule has 2 amide bonds. The first-order valence-corrected chi connectivity index (χ1v) is 10.4. The zero-order chi connectivity index (χ0) is 23.0. The topological polar surface area (TPSA) is 107 Å². The van der Waals surface area contributed by atoms with Crippen molar-refractivity contribution in [2.24, 2.45) is 5.10 Å². The molecule has 9 nitrogen and oxygen atoms in total. The second-order valence-corrected chi connectivity index (χ2v) is 7.67. The molecule has 0 bridgehead atoms. The molecule has 0 fully saturated rings. The van der Waals surface area contributed by atoms with E-state index in [2.05, 4.69) is 47.7 Å². The number of methoxy groups -OCH3 is 4. The molecule has 0 atom stereocenters. The Kier molecular flexibility index (Phi) is 9.13. The summed E-state index contributed by atoms with van der Waals surface area (Å²) in [6.07, 6.45) is 1.44. The molecule has 166 valence electrons. The van der Waals surface area contributed by atoms with E-state index in [1.54, 1.807) is 6.07 Å². The van der Waals surface area contributed by atoms with E-state index in [1.807, 2.05) is 6.07 Å². The van der Waals surface area contributed by atoms with E-state index in [0.29, 0.717) is 28.6 Å². The van der Waals surface area contributed by atoms with Crippen molar-refractivity contribution in [3.05, 3.63) is 44.3 Å². The van der Waals surface area contributed by atoms with Crippen molar-refractivity contribution in [3.63, 3.8) is 0 Å². The van der Waals surface area contributed by atoms with Gasteiger partial charge in [0.2, 0.25) is 5.75 Å². The summed E-state index contributed by atoms with van der Waals surface area (Å²) in [6, 6.07) is 6.59. The predicted octanol–water partition coefficient (Wildman–Crippen LogP) is 3.13. The number of benzene rings is 2. The van der Waals surface area contributed by atoms with Crippen LogP contribution in [0.5, 0.6) is 23.0 Å². The van der Waals surface area contributed by atoms with Crippen LogP contribution in [-0.4, -0.2) is 53.0 Å². The molecule has 0 unspecified atom stereocenters. The molecule has 0 saturated carbocycles. The molecule has 0 saturated heterocycles. The number of nitrogens with one attached hydrogen (secondary N) is 2. The maximum absolute atomic E-state index is 12.4. The molecular formula is C20H21Br2N3O6. The average molecular weight is 559 g/mol. The van der Waals surface area contributed by atoms with Gasteiger partial charge in [-0.05, 0) is 40.2 Å². The van der Waals surface area contributed by atoms with E-state index in [9.17, 15) is 9.59 Å². The Labute approximate surface area is 196 Å². The molecule has 0 radical (unpaired) electrons. The van der Waals surface area contributed by atoms with Crippen LogP contribution in [0.25, 0.3) is 0 Å². The minimum absolute atomic E-state index is 0.245. The molecule has 2 N–H and O–H groups in total. The van der Waals surface area contributed by atoms with E-state index in [-0.39, 0.29) is 12.1 Å². The van der Waals surface area contributed by atoms with Gasteiger partial charge >= 0.3 is 0 Å². The lowest BCUT2D eigenvalue weighted by molar-refractivity contribution is -0.120. The van der Waals surface area contributed by atoms with Crippen LogP contribution in [0.15, 0.2) is 38.3 Å². The summed E-state index contributed by atoms with van der Waals surface area (Å²) >= 11 is 6.78. The highest BCUT2D eigenvalue weighted by Crippen LogP contribution is 2.38. The second kappa shape index (κ2) is 11.6. The fraction of sp³-hybridized carbons (Fsp3) is 0.250. The van der Waals surface area contributed by atoms with Crippen molar-refractivity contribution in [1.29, 1.82) is 0 Å². The highest BCUT2D eigenvalue weighted by Gasteiger charge is 2.17. The number of amides is 2. The van der Waals surface area contributed by atoms with E-state index < -0.39 is 11.8 Å². The van der Waals surface area contributed by atoms with Gasteiger partial charge in [-0.25, -0.2) is 5.43 Å². The molecule has 0 heterocycles. The smallest absolute Gasteiger partial charge is 0.259 e. The molecule has 0 aliphatic carbocycles. The summed E-state index contributed by atoms with van der Waals surface area (Å²) in [5.74, 6) is 0.589. The Morgan fingerprint density at radius 3 is 2.10 bits per heavy atom. The number of ether oxygens (including phenoxy) is 4. The van der Waals surface area contributed by atoms with Gasteiger partial charge in [0.05, 0.1) is 45.7 Å². The lowest BCUT2D eigenvalue weighted by Gasteiger charge is -2.14. The lowest BCUT2D eigenvalue weighted by Crippen LogP contribution is -2.35. The Morgan fingerprint density at radius 2 is 1.55 bits per heavy atom. The number of hydrazone groups is 1. The van der Waals surface area contributed by atoms with E-state index in [0.717, 1.165) is 8.95 Å². The van der Waals surface area contributed by atoms with E-state index in [4.69, 9.17) is 18.9 Å². The van der Waals surface area contributed by atoms with Crippen LogP contribution in [0.4, 0.5) is 0 Å². The highest BCUT2D eigenvalue weighted by atomic mass is 79.9. The zero-order valence-electron chi connectivity index (χ0n) is 17.2. The molecule has 2 aromatic carbocycles. The van der Waals surface area contributed by atoms with Gasteiger partial charge in [-0.3, -0.25) is 9.59 Å². The van der Waals surface area contributed by atoms with Crippen LogP contribution in [0.2, 0.25) is 0 Å². The third kappa shape index (κ3) is 6.34. The van der Waals surface area contributed by atoms with Gasteiger partial charge in [-0.15, -0.1) is 0 Å². The van der Waals surface area contributed by atoms with Crippen molar-refractivity contribution in [1.82, 2.24) is 10.7 Å². The third-order valence-electron chi connectivity index (χ3n) is 3.97. The van der Waals surface area contributed by atoms with Crippen molar-refractivity contribution in [3.8, 4) is 23.0 Å². The van der Waals surface area contributed by atoms with E-state index >= 15 is 0 Å². The summed E-state index contributed by atoms with van der Waals surface area (Å²) in [6.45, 7) is -0.286. The number of halogens is 2. The Bertz CT molecular complexity index is 972. The number of carbonyl (C=O) groups excluding carboxylic acids is 2. The quantitative estimate of drug-likeness (QED) is 0.362. The van der Waals surface area contributed by atoms with Crippen LogP contribution >= 0.6 is 31.9 Å². The van der Waals surface area contributed by atoms with Gasteiger partial charge < -0.3 is 24.3 Å². The fourth-order valence-corrected chi connectivity index (χ4v) is 4.00. The van der Waals surface area contributed by atoms with Gasteiger partial charge in [-0.2, -0.15) is 5.10 Å². The summed E-state index contributed by atoms with van der Waals surface area (Å²) in [5.41, 5.74) is 3.24.